The Labute approximate surface area is 283 Å². The lowest BCUT2D eigenvalue weighted by atomic mass is 9.94. The largest absolute Gasteiger partial charge is 0.352 e. The predicted molar refractivity (Wildman–Crippen MR) is 188 cm³/mol. The molecule has 0 aromatic heterocycles. The quantitative estimate of drug-likeness (QED) is 0.172. The number of halogens is 1. The van der Waals surface area contributed by atoms with Gasteiger partial charge in [0.25, 0.3) is 10.0 Å². The summed E-state index contributed by atoms with van der Waals surface area (Å²) in [5, 5.41) is 3.65. The van der Waals surface area contributed by atoms with E-state index in [2.05, 4.69) is 5.32 Å². The molecule has 0 spiro atoms. The highest BCUT2D eigenvalue weighted by atomic mass is 35.5. The first-order chi connectivity index (χ1) is 22.6. The molecular weight excluding hydrogens is 630 g/mol. The highest BCUT2D eigenvalue weighted by Crippen LogP contribution is 2.27. The molecule has 0 aliphatic heterocycles. The lowest BCUT2D eigenvalue weighted by Gasteiger charge is -2.35. The van der Waals surface area contributed by atoms with Crippen molar-refractivity contribution >= 4 is 39.1 Å². The Balaban J connectivity index is 1.56. The van der Waals surface area contributed by atoms with E-state index in [1.165, 1.54) is 24.3 Å². The fourth-order valence-electron chi connectivity index (χ4n) is 6.04. The van der Waals surface area contributed by atoms with Crippen LogP contribution in [0, 0.1) is 13.8 Å². The number of nitrogens with one attached hydrogen (secondary N) is 1. The molecular formula is C38H42ClN3O4S. The zero-order valence-corrected chi connectivity index (χ0v) is 28.5. The third-order valence-corrected chi connectivity index (χ3v) is 10.9. The van der Waals surface area contributed by atoms with Gasteiger partial charge in [0, 0.05) is 24.0 Å². The lowest BCUT2D eigenvalue weighted by Crippen LogP contribution is -2.55. The van der Waals surface area contributed by atoms with Crippen LogP contribution in [0.25, 0.3) is 0 Å². The fraction of sp³-hybridized carbons (Fsp3) is 0.316. The molecule has 9 heteroatoms. The molecule has 2 amide bonds. The highest BCUT2D eigenvalue weighted by molar-refractivity contribution is 7.92. The topological polar surface area (TPSA) is 86.8 Å². The molecule has 1 N–H and O–H groups in total. The van der Waals surface area contributed by atoms with Gasteiger partial charge in [-0.1, -0.05) is 103 Å². The van der Waals surface area contributed by atoms with Gasteiger partial charge in [0.05, 0.1) is 10.6 Å². The summed E-state index contributed by atoms with van der Waals surface area (Å²) in [5.74, 6) is -0.712. The molecule has 1 atom stereocenters. The first-order valence-electron chi connectivity index (χ1n) is 16.1. The number of aryl methyl sites for hydroxylation is 2. The van der Waals surface area contributed by atoms with Crippen molar-refractivity contribution in [3.05, 3.63) is 130 Å². The number of rotatable bonds is 12. The Kier molecular flexibility index (Phi) is 11.4. The van der Waals surface area contributed by atoms with E-state index in [0.29, 0.717) is 10.7 Å². The maximum Gasteiger partial charge on any atom is 0.264 e. The Hall–Kier alpha value is -4.14. The van der Waals surface area contributed by atoms with Gasteiger partial charge in [0.15, 0.2) is 0 Å². The van der Waals surface area contributed by atoms with Crippen molar-refractivity contribution in [3.8, 4) is 0 Å². The van der Waals surface area contributed by atoms with Crippen molar-refractivity contribution in [1.29, 1.82) is 0 Å². The van der Waals surface area contributed by atoms with Crippen molar-refractivity contribution < 1.29 is 18.0 Å². The van der Waals surface area contributed by atoms with E-state index in [-0.39, 0.29) is 29.8 Å². The molecule has 1 fully saturated rings. The summed E-state index contributed by atoms with van der Waals surface area (Å²) in [5.41, 5.74) is 4.06. The molecule has 4 aromatic carbocycles. The van der Waals surface area contributed by atoms with Gasteiger partial charge < -0.3 is 10.2 Å². The molecule has 0 saturated heterocycles. The second-order valence-electron chi connectivity index (χ2n) is 12.3. The minimum Gasteiger partial charge on any atom is -0.352 e. The van der Waals surface area contributed by atoms with Crippen molar-refractivity contribution in [2.45, 2.75) is 75.9 Å². The van der Waals surface area contributed by atoms with E-state index in [1.807, 2.05) is 80.6 Å². The van der Waals surface area contributed by atoms with Crippen molar-refractivity contribution in [2.75, 3.05) is 10.8 Å². The number of carbonyl (C=O) groups is 2. The van der Waals surface area contributed by atoms with Crippen LogP contribution in [0.3, 0.4) is 0 Å². The zero-order chi connectivity index (χ0) is 33.4. The number of hydrogen-bond donors (Lipinski definition) is 1. The molecule has 0 heterocycles. The van der Waals surface area contributed by atoms with Crippen LogP contribution in [-0.4, -0.2) is 43.8 Å². The molecule has 1 saturated carbocycles. The summed E-state index contributed by atoms with van der Waals surface area (Å²) in [6, 6.07) is 29.5. The Bertz CT molecular complexity index is 1760. The Morgan fingerprint density at radius 1 is 0.830 bits per heavy atom. The molecule has 4 aromatic rings. The van der Waals surface area contributed by atoms with E-state index < -0.39 is 28.5 Å². The van der Waals surface area contributed by atoms with Gasteiger partial charge in [-0.2, -0.15) is 0 Å². The minimum atomic E-state index is -4.19. The van der Waals surface area contributed by atoms with E-state index in [1.54, 1.807) is 17.0 Å². The summed E-state index contributed by atoms with van der Waals surface area (Å²) in [6.07, 6.45) is 5.33. The van der Waals surface area contributed by atoms with Crippen molar-refractivity contribution in [3.63, 3.8) is 0 Å². The molecule has 47 heavy (non-hydrogen) atoms. The van der Waals surface area contributed by atoms with Gasteiger partial charge in [-0.05, 0) is 79.8 Å². The molecule has 1 unspecified atom stereocenters. The van der Waals surface area contributed by atoms with Crippen LogP contribution in [0.4, 0.5) is 5.69 Å². The molecule has 5 rings (SSSR count). The van der Waals surface area contributed by atoms with E-state index in [9.17, 15) is 18.0 Å². The van der Waals surface area contributed by atoms with Gasteiger partial charge in [-0.25, -0.2) is 8.42 Å². The second-order valence-corrected chi connectivity index (χ2v) is 14.6. The normalized spacial score (nSPS) is 14.3. The Morgan fingerprint density at radius 2 is 1.47 bits per heavy atom. The van der Waals surface area contributed by atoms with Crippen molar-refractivity contribution in [1.82, 2.24) is 10.2 Å². The number of hydrogen-bond acceptors (Lipinski definition) is 4. The average molecular weight is 672 g/mol. The highest BCUT2D eigenvalue weighted by Gasteiger charge is 2.35. The lowest BCUT2D eigenvalue weighted by molar-refractivity contribution is -0.140. The molecule has 0 bridgehead atoms. The van der Waals surface area contributed by atoms with Crippen LogP contribution >= 0.6 is 11.6 Å². The maximum absolute atomic E-state index is 14.7. The fourth-order valence-corrected chi connectivity index (χ4v) is 7.58. The van der Waals surface area contributed by atoms with E-state index in [0.717, 1.165) is 58.7 Å². The van der Waals surface area contributed by atoms with Gasteiger partial charge in [0.2, 0.25) is 11.8 Å². The zero-order valence-electron chi connectivity index (χ0n) is 26.9. The predicted octanol–water partition coefficient (Wildman–Crippen LogP) is 7.24. The maximum atomic E-state index is 14.7. The number of anilines is 1. The third kappa shape index (κ3) is 8.82. The number of amides is 2. The van der Waals surface area contributed by atoms with Crippen molar-refractivity contribution in [2.24, 2.45) is 0 Å². The van der Waals surface area contributed by atoms with E-state index in [4.69, 9.17) is 11.6 Å². The first-order valence-corrected chi connectivity index (χ1v) is 18.0. The molecule has 1 aliphatic rings. The smallest absolute Gasteiger partial charge is 0.264 e. The second kappa shape index (κ2) is 15.6. The summed E-state index contributed by atoms with van der Waals surface area (Å²) in [7, 11) is -4.19. The van der Waals surface area contributed by atoms with Crippen LogP contribution in [0.2, 0.25) is 5.02 Å². The molecule has 1 aliphatic carbocycles. The molecule has 246 valence electrons. The average Bonchev–Trinajstić information content (AvgIpc) is 3.07. The van der Waals surface area contributed by atoms with Gasteiger partial charge >= 0.3 is 0 Å². The molecule has 7 nitrogen and oxygen atoms in total. The monoisotopic (exact) mass is 671 g/mol. The van der Waals surface area contributed by atoms with Crippen LogP contribution < -0.4 is 9.62 Å². The summed E-state index contributed by atoms with van der Waals surface area (Å²) in [4.78, 5) is 30.5. The van der Waals surface area contributed by atoms with Gasteiger partial charge in [0.1, 0.15) is 12.6 Å². The van der Waals surface area contributed by atoms with Crippen LogP contribution in [0.1, 0.15) is 54.4 Å². The number of benzene rings is 4. The summed E-state index contributed by atoms with van der Waals surface area (Å²) in [6.45, 7) is 3.53. The first kappa shape index (κ1) is 34.2. The number of sulfonamides is 1. The van der Waals surface area contributed by atoms with Gasteiger partial charge in [-0.15, -0.1) is 0 Å². The van der Waals surface area contributed by atoms with Gasteiger partial charge in [-0.3, -0.25) is 13.9 Å². The SMILES string of the molecule is Cc1ccc(N(CC(=O)N(Cc2ccccc2C)C(Cc2ccccc2)C(=O)NC2CCCCC2)S(=O)(=O)c2ccc(Cl)cc2)cc1. The van der Waals surface area contributed by atoms with Crippen LogP contribution in [0.15, 0.2) is 108 Å². The minimum absolute atomic E-state index is 0.0107. The van der Waals surface area contributed by atoms with E-state index >= 15 is 0 Å². The van der Waals surface area contributed by atoms with Crippen LogP contribution in [0.5, 0.6) is 0 Å². The van der Waals surface area contributed by atoms with Crippen LogP contribution in [-0.2, 0) is 32.6 Å². The summed E-state index contributed by atoms with van der Waals surface area (Å²) >= 11 is 6.09. The number of carbonyl (C=O) groups excluding carboxylic acids is 2. The number of nitrogens with zero attached hydrogens (tertiary/aromatic N) is 2. The summed E-state index contributed by atoms with van der Waals surface area (Å²) < 4.78 is 29.5. The Morgan fingerprint density at radius 3 is 2.13 bits per heavy atom. The molecule has 0 radical (unpaired) electrons. The standard InChI is InChI=1S/C38H42ClN3O4S/c1-28-17-21-34(22-18-28)42(47(45,46)35-23-19-32(39)20-24-35)27-37(43)41(26-31-14-10-9-11-29(31)2)36(25-30-12-5-3-6-13-30)38(44)40-33-15-7-4-8-16-33/h3,5-6,9-14,17-24,33,36H,4,7-8,15-16,25-27H2,1-2H3,(H,40,44). The third-order valence-electron chi connectivity index (χ3n) is 8.83.